The molecule has 1 unspecified atom stereocenters. The van der Waals surface area contributed by atoms with Crippen molar-refractivity contribution in [2.24, 2.45) is 0 Å². The van der Waals surface area contributed by atoms with Gasteiger partial charge in [-0.2, -0.15) is 0 Å². The third kappa shape index (κ3) is 2.14. The first-order valence-electron chi connectivity index (χ1n) is 6.00. The van der Waals surface area contributed by atoms with Gasteiger partial charge in [0.15, 0.2) is 0 Å². The van der Waals surface area contributed by atoms with Gasteiger partial charge in [-0.25, -0.2) is 0 Å². The molecule has 0 fully saturated rings. The Bertz CT molecular complexity index is 667. The Kier molecular flexibility index (Phi) is 3.05. The van der Waals surface area contributed by atoms with Gasteiger partial charge < -0.3 is 0 Å². The van der Waals surface area contributed by atoms with Crippen molar-refractivity contribution in [2.45, 2.75) is 0 Å². The van der Waals surface area contributed by atoms with Gasteiger partial charge in [0.25, 0.3) is 0 Å². The summed E-state index contributed by atoms with van der Waals surface area (Å²) in [6.07, 6.45) is 0. The second-order valence-corrected chi connectivity index (χ2v) is 7.46. The zero-order chi connectivity index (χ0) is 13.4. The molecule has 2 aromatic carbocycles. The second kappa shape index (κ2) is 4.72. The summed E-state index contributed by atoms with van der Waals surface area (Å²) in [5, 5.41) is 0. The molecule has 0 aromatic heterocycles. The summed E-state index contributed by atoms with van der Waals surface area (Å²) in [5.41, 5.74) is 2.86. The van der Waals surface area contributed by atoms with Gasteiger partial charge in [-0.05, 0) is 0 Å². The van der Waals surface area contributed by atoms with Crippen molar-refractivity contribution in [3.63, 3.8) is 0 Å². The van der Waals surface area contributed by atoms with Crippen molar-refractivity contribution in [1.29, 1.82) is 0 Å². The van der Waals surface area contributed by atoms with Crippen molar-refractivity contribution < 1.29 is 8.63 Å². The van der Waals surface area contributed by atoms with Crippen LogP contribution in [0.2, 0.25) is 0 Å². The topological polar surface area (TPSA) is 37.4 Å². The molecule has 1 aliphatic heterocycles. The molecule has 0 N–H and O–H groups in total. The van der Waals surface area contributed by atoms with E-state index in [-0.39, 0.29) is 5.78 Å². The average molecular weight is 318 g/mol. The van der Waals surface area contributed by atoms with E-state index in [2.05, 4.69) is 0 Å². The van der Waals surface area contributed by atoms with E-state index in [1.54, 1.807) is 18.2 Å². The fraction of sp³-hybridized carbons (Fsp3) is 0.133. The number of rotatable bonds is 2. The van der Waals surface area contributed by atoms with Gasteiger partial charge in [-0.1, -0.05) is 0 Å². The number of anilines is 1. The minimum absolute atomic E-state index is 0.0169. The number of carbonyl (C=O) groups is 1. The van der Waals surface area contributed by atoms with Gasteiger partial charge in [-0.15, -0.1) is 0 Å². The van der Waals surface area contributed by atoms with Crippen LogP contribution in [0.4, 0.5) is 5.69 Å². The molecule has 1 aliphatic rings. The third-order valence-electron chi connectivity index (χ3n) is 3.23. The van der Waals surface area contributed by atoms with Crippen LogP contribution in [0, 0.1) is 0 Å². The molecule has 0 radical (unpaired) electrons. The zero-order valence-corrected chi connectivity index (χ0v) is 12.2. The van der Waals surface area contributed by atoms with E-state index >= 15 is 0 Å². The van der Waals surface area contributed by atoms with Crippen molar-refractivity contribution in [3.05, 3.63) is 59.7 Å². The molecule has 0 aliphatic carbocycles. The second-order valence-electron chi connectivity index (χ2n) is 4.55. The number of fused-ring (bicyclic) bond motifs is 1. The molecule has 0 spiro atoms. The van der Waals surface area contributed by atoms with E-state index in [0.717, 1.165) is 10.1 Å². The van der Waals surface area contributed by atoms with Gasteiger partial charge in [0.05, 0.1) is 0 Å². The number of carbonyl (C=O) groups excluding carboxylic acids is 1. The predicted octanol–water partition coefficient (Wildman–Crippen LogP) is 1.54. The van der Waals surface area contributed by atoms with E-state index in [0.29, 0.717) is 16.6 Å². The van der Waals surface area contributed by atoms with Crippen LogP contribution in [0.3, 0.4) is 0 Å². The molecule has 1 atom stereocenters. The molecule has 0 bridgehead atoms. The standard InChI is InChI=1S/C15H13NO2Se/c1-16-10-19(18)14-9-12(7-8-13(14)16)15(17)11-5-3-2-4-6-11/h2-9H,10H2,1H3. The molecule has 0 saturated carbocycles. The Hall–Kier alpha value is -1.77. The first kappa shape index (κ1) is 12.3. The van der Waals surface area contributed by atoms with Gasteiger partial charge in [0.1, 0.15) is 0 Å². The first-order chi connectivity index (χ1) is 9.16. The van der Waals surface area contributed by atoms with Crippen LogP contribution in [-0.2, 0) is 3.83 Å². The number of hydrogen-bond donors (Lipinski definition) is 0. The van der Waals surface area contributed by atoms with Crippen LogP contribution in [0.25, 0.3) is 0 Å². The summed E-state index contributed by atoms with van der Waals surface area (Å²) < 4.78 is 12.9. The van der Waals surface area contributed by atoms with Crippen LogP contribution in [0.15, 0.2) is 48.5 Å². The van der Waals surface area contributed by atoms with E-state index in [9.17, 15) is 8.63 Å². The summed E-state index contributed by atoms with van der Waals surface area (Å²) >= 11 is -2.01. The van der Waals surface area contributed by atoms with Crippen molar-refractivity contribution in [3.8, 4) is 0 Å². The molecule has 2 aromatic rings. The van der Waals surface area contributed by atoms with Crippen molar-refractivity contribution in [1.82, 2.24) is 0 Å². The van der Waals surface area contributed by atoms with E-state index < -0.39 is 13.8 Å². The number of ketones is 1. The summed E-state index contributed by atoms with van der Waals surface area (Å²) in [4.78, 5) is 14.3. The molecule has 0 saturated heterocycles. The molecule has 4 heteroatoms. The van der Waals surface area contributed by atoms with E-state index in [1.165, 1.54) is 0 Å². The third-order valence-corrected chi connectivity index (χ3v) is 6.25. The SMILES string of the molecule is CN1C[Se](=O)c2cc(C(=O)c3ccccc3)ccc21. The monoisotopic (exact) mass is 319 g/mol. The molecule has 19 heavy (non-hydrogen) atoms. The molecule has 1 heterocycles. The maximum absolute atomic E-state index is 12.3. The molecule has 0 amide bonds. The molecule has 96 valence electrons. The molecular weight excluding hydrogens is 305 g/mol. The number of nitrogens with zero attached hydrogens (tertiary/aromatic N) is 1. The summed E-state index contributed by atoms with van der Waals surface area (Å²) in [6.45, 7) is 0. The van der Waals surface area contributed by atoms with Gasteiger partial charge in [0.2, 0.25) is 0 Å². The normalized spacial score (nSPS) is 17.3. The van der Waals surface area contributed by atoms with Gasteiger partial charge in [0, 0.05) is 0 Å². The molecule has 3 rings (SSSR count). The average Bonchev–Trinajstić information content (AvgIpc) is 2.74. The molecule has 3 nitrogen and oxygen atoms in total. The maximum atomic E-state index is 12.3. The zero-order valence-electron chi connectivity index (χ0n) is 10.5. The van der Waals surface area contributed by atoms with Gasteiger partial charge >= 0.3 is 115 Å². The quantitative estimate of drug-likeness (QED) is 0.623. The van der Waals surface area contributed by atoms with Crippen LogP contribution in [0.5, 0.6) is 0 Å². The van der Waals surface area contributed by atoms with E-state index in [4.69, 9.17) is 0 Å². The van der Waals surface area contributed by atoms with Crippen molar-refractivity contribution in [2.75, 3.05) is 17.4 Å². The van der Waals surface area contributed by atoms with Crippen LogP contribution in [0.1, 0.15) is 15.9 Å². The number of benzene rings is 2. The van der Waals surface area contributed by atoms with Gasteiger partial charge in [-0.3, -0.25) is 0 Å². The van der Waals surface area contributed by atoms with Crippen LogP contribution >= 0.6 is 0 Å². The van der Waals surface area contributed by atoms with Crippen LogP contribution < -0.4 is 9.36 Å². The Morgan fingerprint density at radius 1 is 1.11 bits per heavy atom. The summed E-state index contributed by atoms with van der Waals surface area (Å²) in [6, 6.07) is 14.7. The molecular formula is C15H13NO2Se. The first-order valence-corrected chi connectivity index (χ1v) is 8.77. The Morgan fingerprint density at radius 2 is 1.84 bits per heavy atom. The Balaban J connectivity index is 2.02. The summed E-state index contributed by atoms with van der Waals surface area (Å²) in [7, 11) is 1.93. The fourth-order valence-electron chi connectivity index (χ4n) is 2.22. The van der Waals surface area contributed by atoms with Crippen LogP contribution in [-0.4, -0.2) is 32.1 Å². The Morgan fingerprint density at radius 3 is 2.58 bits per heavy atom. The number of hydrogen-bond acceptors (Lipinski definition) is 3. The Labute approximate surface area is 115 Å². The minimum atomic E-state index is -2.01. The predicted molar refractivity (Wildman–Crippen MR) is 75.7 cm³/mol. The van der Waals surface area contributed by atoms with E-state index in [1.807, 2.05) is 42.3 Å². The fourth-order valence-corrected chi connectivity index (χ4v) is 5.05. The summed E-state index contributed by atoms with van der Waals surface area (Å²) in [5.74, 6) is -0.0169. The van der Waals surface area contributed by atoms with Crippen molar-refractivity contribution >= 4 is 29.8 Å².